The van der Waals surface area contributed by atoms with Crippen LogP contribution in [0.3, 0.4) is 0 Å². The van der Waals surface area contributed by atoms with E-state index < -0.39 is 0 Å². The number of nitrogens with zero attached hydrogens (tertiary/aromatic N) is 5. The Morgan fingerprint density at radius 1 is 0.500 bits per heavy atom. The van der Waals surface area contributed by atoms with Crippen molar-refractivity contribution in [3.63, 3.8) is 0 Å². The molecular formula is C27H19N7S2. The molecule has 6 rings (SSSR count). The number of rotatable bonds is 7. The third-order valence-corrected chi connectivity index (χ3v) is 6.94. The zero-order valence-corrected chi connectivity index (χ0v) is 20.5. The molecule has 0 radical (unpaired) electrons. The van der Waals surface area contributed by atoms with Crippen LogP contribution in [0, 0.1) is 0 Å². The minimum absolute atomic E-state index is 0.826. The lowest BCUT2D eigenvalue weighted by Crippen LogP contribution is -1.90. The molecule has 1 aromatic carbocycles. The predicted octanol–water partition coefficient (Wildman–Crippen LogP) is 7.27. The SMILES string of the molecule is c1cc(Nc2nc(-c3ccc(-c4cncc(-c5csc(Nc6ccncc6)n5)c4)cc3)cs2)ccn1. The van der Waals surface area contributed by atoms with Crippen molar-refractivity contribution in [2.24, 2.45) is 0 Å². The van der Waals surface area contributed by atoms with Gasteiger partial charge in [0.05, 0.1) is 11.4 Å². The molecule has 5 heterocycles. The van der Waals surface area contributed by atoms with Crippen LogP contribution in [-0.2, 0) is 0 Å². The van der Waals surface area contributed by atoms with Gasteiger partial charge in [0.15, 0.2) is 10.3 Å². The van der Waals surface area contributed by atoms with Crippen molar-refractivity contribution < 1.29 is 0 Å². The van der Waals surface area contributed by atoms with Crippen LogP contribution < -0.4 is 10.6 Å². The van der Waals surface area contributed by atoms with Gasteiger partial charge in [-0.25, -0.2) is 9.97 Å². The molecule has 5 aromatic heterocycles. The van der Waals surface area contributed by atoms with E-state index in [1.54, 1.807) is 47.5 Å². The van der Waals surface area contributed by atoms with Gasteiger partial charge in [-0.1, -0.05) is 24.3 Å². The number of thiazole rings is 2. The molecule has 0 unspecified atom stereocenters. The lowest BCUT2D eigenvalue weighted by molar-refractivity contribution is 1.30. The average Bonchev–Trinajstić information content (AvgIpc) is 3.60. The Morgan fingerprint density at radius 2 is 1.00 bits per heavy atom. The van der Waals surface area contributed by atoms with Crippen LogP contribution in [0.1, 0.15) is 0 Å². The second-order valence-corrected chi connectivity index (χ2v) is 9.55. The minimum Gasteiger partial charge on any atom is -0.331 e. The van der Waals surface area contributed by atoms with Crippen LogP contribution in [0.4, 0.5) is 21.6 Å². The molecule has 7 nitrogen and oxygen atoms in total. The first-order valence-electron chi connectivity index (χ1n) is 11.1. The molecule has 0 amide bonds. The van der Waals surface area contributed by atoms with Gasteiger partial charge in [0.25, 0.3) is 0 Å². The van der Waals surface area contributed by atoms with Crippen molar-refractivity contribution in [1.82, 2.24) is 24.9 Å². The molecule has 0 bridgehead atoms. The number of aromatic nitrogens is 5. The van der Waals surface area contributed by atoms with E-state index in [-0.39, 0.29) is 0 Å². The quantitative estimate of drug-likeness (QED) is 0.236. The molecule has 0 spiro atoms. The number of pyridine rings is 3. The third kappa shape index (κ3) is 4.97. The van der Waals surface area contributed by atoms with Gasteiger partial charge in [0.1, 0.15) is 0 Å². The van der Waals surface area contributed by atoms with E-state index >= 15 is 0 Å². The fourth-order valence-corrected chi connectivity index (χ4v) is 5.10. The van der Waals surface area contributed by atoms with Crippen LogP contribution in [0.2, 0.25) is 0 Å². The topological polar surface area (TPSA) is 88.5 Å². The summed E-state index contributed by atoms with van der Waals surface area (Å²) < 4.78 is 0. The van der Waals surface area contributed by atoms with E-state index in [9.17, 15) is 0 Å². The highest BCUT2D eigenvalue weighted by atomic mass is 32.1. The maximum absolute atomic E-state index is 4.73. The van der Waals surface area contributed by atoms with E-state index in [0.29, 0.717) is 0 Å². The van der Waals surface area contributed by atoms with E-state index in [2.05, 4.69) is 61.3 Å². The van der Waals surface area contributed by atoms with E-state index in [1.807, 2.05) is 42.0 Å². The molecule has 0 aliphatic carbocycles. The number of benzene rings is 1. The van der Waals surface area contributed by atoms with Crippen molar-refractivity contribution in [1.29, 1.82) is 0 Å². The van der Waals surface area contributed by atoms with Gasteiger partial charge in [0.2, 0.25) is 0 Å². The smallest absolute Gasteiger partial charge is 0.187 e. The monoisotopic (exact) mass is 505 g/mol. The standard InChI is InChI=1S/C27H19N7S2/c1-3-19(24-16-35-26(33-24)31-22-5-9-28-10-6-22)4-2-18(1)20-13-21(15-30-14-20)25-17-36-27(34-25)32-23-7-11-29-12-8-23/h1-17H,(H,28,31,33)(H,29,32,34). The van der Waals surface area contributed by atoms with Crippen LogP contribution >= 0.6 is 22.7 Å². The molecule has 0 aliphatic heterocycles. The average molecular weight is 506 g/mol. The summed E-state index contributed by atoms with van der Waals surface area (Å²) in [5.41, 5.74) is 7.91. The Morgan fingerprint density at radius 3 is 1.58 bits per heavy atom. The van der Waals surface area contributed by atoms with Crippen molar-refractivity contribution in [2.75, 3.05) is 10.6 Å². The molecule has 0 atom stereocenters. The summed E-state index contributed by atoms with van der Waals surface area (Å²) in [6.07, 6.45) is 10.7. The summed E-state index contributed by atoms with van der Waals surface area (Å²) in [5.74, 6) is 0. The summed E-state index contributed by atoms with van der Waals surface area (Å²) >= 11 is 3.13. The van der Waals surface area contributed by atoms with Crippen molar-refractivity contribution in [2.45, 2.75) is 0 Å². The van der Waals surface area contributed by atoms with E-state index in [1.165, 1.54) is 0 Å². The summed E-state index contributed by atoms with van der Waals surface area (Å²) in [4.78, 5) is 22.0. The Kier molecular flexibility index (Phi) is 6.13. The largest absolute Gasteiger partial charge is 0.331 e. The maximum Gasteiger partial charge on any atom is 0.187 e. The fraction of sp³-hybridized carbons (Fsp3) is 0. The molecule has 6 aromatic rings. The first kappa shape index (κ1) is 22.0. The fourth-order valence-electron chi connectivity index (χ4n) is 3.62. The number of hydrogen-bond acceptors (Lipinski definition) is 9. The predicted molar refractivity (Wildman–Crippen MR) is 147 cm³/mol. The number of anilines is 4. The van der Waals surface area contributed by atoms with E-state index in [0.717, 1.165) is 55.3 Å². The molecule has 0 fully saturated rings. The van der Waals surface area contributed by atoms with Gasteiger partial charge in [0, 0.05) is 76.0 Å². The first-order chi connectivity index (χ1) is 17.8. The lowest BCUT2D eigenvalue weighted by atomic mass is 10.0. The highest BCUT2D eigenvalue weighted by molar-refractivity contribution is 7.14. The maximum atomic E-state index is 4.73. The molecule has 0 saturated carbocycles. The molecular weight excluding hydrogens is 486 g/mol. The molecule has 0 saturated heterocycles. The molecule has 36 heavy (non-hydrogen) atoms. The van der Waals surface area contributed by atoms with Gasteiger partial charge in [-0.2, -0.15) is 0 Å². The lowest BCUT2D eigenvalue weighted by Gasteiger charge is -2.05. The molecule has 2 N–H and O–H groups in total. The Balaban J connectivity index is 1.18. The summed E-state index contributed by atoms with van der Waals surface area (Å²) in [6.45, 7) is 0. The summed E-state index contributed by atoms with van der Waals surface area (Å²) in [5, 5.41) is 12.4. The summed E-state index contributed by atoms with van der Waals surface area (Å²) in [7, 11) is 0. The van der Waals surface area contributed by atoms with E-state index in [4.69, 9.17) is 9.97 Å². The second kappa shape index (κ2) is 10.0. The molecule has 9 heteroatoms. The van der Waals surface area contributed by atoms with Crippen molar-refractivity contribution in [3.8, 4) is 33.6 Å². The number of nitrogens with one attached hydrogen (secondary N) is 2. The third-order valence-electron chi connectivity index (χ3n) is 5.42. The van der Waals surface area contributed by atoms with Crippen LogP contribution in [0.25, 0.3) is 33.6 Å². The van der Waals surface area contributed by atoms with Gasteiger partial charge < -0.3 is 10.6 Å². The highest BCUT2D eigenvalue weighted by Crippen LogP contribution is 2.31. The number of hydrogen-bond donors (Lipinski definition) is 2. The van der Waals surface area contributed by atoms with Crippen molar-refractivity contribution >= 4 is 44.3 Å². The normalized spacial score (nSPS) is 10.8. The zero-order chi connectivity index (χ0) is 24.2. The second-order valence-electron chi connectivity index (χ2n) is 7.84. The van der Waals surface area contributed by atoms with Gasteiger partial charge >= 0.3 is 0 Å². The summed E-state index contributed by atoms with van der Waals surface area (Å²) in [6, 6.07) is 18.2. The van der Waals surface area contributed by atoms with Crippen LogP contribution in [-0.4, -0.2) is 24.9 Å². The Bertz CT molecular complexity index is 1580. The first-order valence-corrected chi connectivity index (χ1v) is 12.9. The van der Waals surface area contributed by atoms with Crippen LogP contribution in [0.5, 0.6) is 0 Å². The van der Waals surface area contributed by atoms with Gasteiger partial charge in [-0.3, -0.25) is 15.0 Å². The highest BCUT2D eigenvalue weighted by Gasteiger charge is 2.09. The van der Waals surface area contributed by atoms with Gasteiger partial charge in [-0.05, 0) is 35.9 Å². The minimum atomic E-state index is 0.826. The Labute approximate surface area is 215 Å². The molecule has 174 valence electrons. The van der Waals surface area contributed by atoms with Crippen molar-refractivity contribution in [3.05, 3.63) is 103 Å². The van der Waals surface area contributed by atoms with Crippen LogP contribution in [0.15, 0.2) is 103 Å². The van der Waals surface area contributed by atoms with Gasteiger partial charge in [-0.15, -0.1) is 22.7 Å². The molecule has 0 aliphatic rings. The zero-order valence-electron chi connectivity index (χ0n) is 18.9. The Hall–Kier alpha value is -4.47.